The van der Waals surface area contributed by atoms with Gasteiger partial charge in [0, 0.05) is 38.6 Å². The number of carbonyl (C=O) groups excluding carboxylic acids is 1. The Hall–Kier alpha value is -1.58. The van der Waals surface area contributed by atoms with Crippen molar-refractivity contribution >= 4 is 44.2 Å². The lowest BCUT2D eigenvalue weighted by Gasteiger charge is -2.01. The maximum atomic E-state index is 12.4. The largest absolute Gasteiger partial charge is 0.360 e. The standard InChI is InChI=1S/C16H11BrClNO/c17-11-3-1-10(2-4-11)7-16(20)14-9-19-15-6-5-12(18)8-13(14)15/h1-6,8-9,19H,7H2. The lowest BCUT2D eigenvalue weighted by atomic mass is 10.0. The van der Waals surface area contributed by atoms with Gasteiger partial charge >= 0.3 is 0 Å². The fourth-order valence-electron chi connectivity index (χ4n) is 2.21. The Balaban J connectivity index is 1.92. The van der Waals surface area contributed by atoms with E-state index in [9.17, 15) is 4.79 Å². The molecule has 0 aliphatic carbocycles. The number of aromatic amines is 1. The molecule has 3 aromatic rings. The molecule has 1 heterocycles. The second kappa shape index (κ2) is 5.43. The number of carbonyl (C=O) groups is 1. The summed E-state index contributed by atoms with van der Waals surface area (Å²) in [5, 5.41) is 1.51. The summed E-state index contributed by atoms with van der Waals surface area (Å²) in [4.78, 5) is 15.5. The molecule has 0 atom stereocenters. The molecule has 0 amide bonds. The minimum atomic E-state index is 0.0841. The number of hydrogen-bond donors (Lipinski definition) is 1. The van der Waals surface area contributed by atoms with Crippen LogP contribution in [-0.2, 0) is 6.42 Å². The van der Waals surface area contributed by atoms with Crippen molar-refractivity contribution in [1.29, 1.82) is 0 Å². The van der Waals surface area contributed by atoms with E-state index in [1.165, 1.54) is 0 Å². The van der Waals surface area contributed by atoms with E-state index >= 15 is 0 Å². The highest BCUT2D eigenvalue weighted by atomic mass is 79.9. The minimum absolute atomic E-state index is 0.0841. The topological polar surface area (TPSA) is 32.9 Å². The van der Waals surface area contributed by atoms with Gasteiger partial charge in [0.25, 0.3) is 0 Å². The summed E-state index contributed by atoms with van der Waals surface area (Å²) >= 11 is 9.39. The van der Waals surface area contributed by atoms with E-state index in [1.807, 2.05) is 42.5 Å². The molecule has 0 spiro atoms. The Morgan fingerprint density at radius 1 is 1.15 bits per heavy atom. The number of H-pyrrole nitrogens is 1. The van der Waals surface area contributed by atoms with Crippen LogP contribution in [0.3, 0.4) is 0 Å². The van der Waals surface area contributed by atoms with E-state index in [0.717, 1.165) is 20.9 Å². The van der Waals surface area contributed by atoms with Crippen LogP contribution in [0.1, 0.15) is 15.9 Å². The van der Waals surface area contributed by atoms with Gasteiger partial charge in [-0.25, -0.2) is 0 Å². The second-order valence-corrected chi connectivity index (χ2v) is 5.97. The second-order valence-electron chi connectivity index (χ2n) is 4.62. The zero-order valence-corrected chi connectivity index (χ0v) is 12.8. The van der Waals surface area contributed by atoms with Gasteiger partial charge in [-0.15, -0.1) is 0 Å². The number of ketones is 1. The van der Waals surface area contributed by atoms with Gasteiger partial charge in [-0.05, 0) is 35.9 Å². The van der Waals surface area contributed by atoms with Crippen LogP contribution in [0.2, 0.25) is 5.02 Å². The molecule has 0 fully saturated rings. The molecule has 0 saturated carbocycles. The van der Waals surface area contributed by atoms with Crippen molar-refractivity contribution in [2.75, 3.05) is 0 Å². The molecule has 20 heavy (non-hydrogen) atoms. The van der Waals surface area contributed by atoms with E-state index in [2.05, 4.69) is 20.9 Å². The number of Topliss-reactive ketones (excluding diaryl/α,β-unsaturated/α-hetero) is 1. The van der Waals surface area contributed by atoms with Crippen molar-refractivity contribution in [2.24, 2.45) is 0 Å². The predicted molar refractivity (Wildman–Crippen MR) is 85.5 cm³/mol. The Labute approximate surface area is 129 Å². The SMILES string of the molecule is O=C(Cc1ccc(Br)cc1)c1c[nH]c2ccc(Cl)cc12. The number of aromatic nitrogens is 1. The van der Waals surface area contributed by atoms with Crippen molar-refractivity contribution < 1.29 is 4.79 Å². The fraction of sp³-hybridized carbons (Fsp3) is 0.0625. The van der Waals surface area contributed by atoms with Crippen LogP contribution < -0.4 is 0 Å². The zero-order chi connectivity index (χ0) is 14.1. The predicted octanol–water partition coefficient (Wildman–Crippen LogP) is 5.01. The van der Waals surface area contributed by atoms with Gasteiger partial charge in [0.1, 0.15) is 0 Å². The van der Waals surface area contributed by atoms with Crippen LogP contribution in [-0.4, -0.2) is 10.8 Å². The monoisotopic (exact) mass is 347 g/mol. The first kappa shape index (κ1) is 13.4. The maximum absolute atomic E-state index is 12.4. The number of halogens is 2. The minimum Gasteiger partial charge on any atom is -0.360 e. The van der Waals surface area contributed by atoms with E-state index < -0.39 is 0 Å². The van der Waals surface area contributed by atoms with E-state index in [0.29, 0.717) is 17.0 Å². The van der Waals surface area contributed by atoms with Crippen LogP contribution >= 0.6 is 27.5 Å². The number of hydrogen-bond acceptors (Lipinski definition) is 1. The molecule has 0 radical (unpaired) electrons. The van der Waals surface area contributed by atoms with E-state index in [4.69, 9.17) is 11.6 Å². The molecule has 0 saturated heterocycles. The van der Waals surface area contributed by atoms with Gasteiger partial charge in [0.15, 0.2) is 5.78 Å². The Kier molecular flexibility index (Phi) is 3.64. The molecule has 100 valence electrons. The molecule has 0 bridgehead atoms. The van der Waals surface area contributed by atoms with E-state index in [-0.39, 0.29) is 5.78 Å². The number of benzene rings is 2. The Morgan fingerprint density at radius 2 is 1.90 bits per heavy atom. The molecule has 2 nitrogen and oxygen atoms in total. The first-order valence-electron chi connectivity index (χ1n) is 6.18. The molecule has 0 unspecified atom stereocenters. The lowest BCUT2D eigenvalue weighted by Crippen LogP contribution is -2.02. The maximum Gasteiger partial charge on any atom is 0.169 e. The molecule has 1 aromatic heterocycles. The highest BCUT2D eigenvalue weighted by Crippen LogP contribution is 2.23. The number of fused-ring (bicyclic) bond motifs is 1. The van der Waals surface area contributed by atoms with Crippen molar-refractivity contribution in [3.05, 3.63) is 69.3 Å². The summed E-state index contributed by atoms with van der Waals surface area (Å²) < 4.78 is 1.01. The third-order valence-corrected chi connectivity index (χ3v) is 3.99. The number of nitrogens with one attached hydrogen (secondary N) is 1. The average molecular weight is 349 g/mol. The summed E-state index contributed by atoms with van der Waals surface area (Å²) in [6.07, 6.45) is 2.13. The summed E-state index contributed by atoms with van der Waals surface area (Å²) in [6.45, 7) is 0. The molecule has 1 N–H and O–H groups in total. The first-order chi connectivity index (χ1) is 9.63. The van der Waals surface area contributed by atoms with Gasteiger partial charge in [0.2, 0.25) is 0 Å². The first-order valence-corrected chi connectivity index (χ1v) is 7.35. The molecular weight excluding hydrogens is 338 g/mol. The van der Waals surface area contributed by atoms with Gasteiger partial charge in [-0.3, -0.25) is 4.79 Å². The van der Waals surface area contributed by atoms with Crippen molar-refractivity contribution in [3.63, 3.8) is 0 Å². The van der Waals surface area contributed by atoms with E-state index in [1.54, 1.807) is 6.20 Å². The Bertz CT molecular complexity index is 777. The highest BCUT2D eigenvalue weighted by Gasteiger charge is 2.13. The summed E-state index contributed by atoms with van der Waals surface area (Å²) in [6, 6.07) is 13.3. The van der Waals surface area contributed by atoms with Gasteiger partial charge < -0.3 is 4.98 Å². The van der Waals surface area contributed by atoms with Gasteiger partial charge in [0.05, 0.1) is 0 Å². The van der Waals surface area contributed by atoms with Gasteiger partial charge in [-0.1, -0.05) is 39.7 Å². The van der Waals surface area contributed by atoms with Crippen molar-refractivity contribution in [3.8, 4) is 0 Å². The Morgan fingerprint density at radius 3 is 2.65 bits per heavy atom. The molecule has 0 aliphatic heterocycles. The lowest BCUT2D eigenvalue weighted by molar-refractivity contribution is 0.0994. The summed E-state index contributed by atoms with van der Waals surface area (Å²) in [5.74, 6) is 0.0841. The third-order valence-electron chi connectivity index (χ3n) is 3.22. The van der Waals surface area contributed by atoms with Crippen LogP contribution in [0, 0.1) is 0 Å². The van der Waals surface area contributed by atoms with Crippen molar-refractivity contribution in [1.82, 2.24) is 4.98 Å². The molecule has 0 aliphatic rings. The molecular formula is C16H11BrClNO. The average Bonchev–Trinajstić information content (AvgIpc) is 2.84. The summed E-state index contributed by atoms with van der Waals surface area (Å²) in [5.41, 5.74) is 2.61. The zero-order valence-electron chi connectivity index (χ0n) is 10.5. The molecule has 4 heteroatoms. The van der Waals surface area contributed by atoms with Crippen molar-refractivity contribution in [2.45, 2.75) is 6.42 Å². The fourth-order valence-corrected chi connectivity index (χ4v) is 2.64. The van der Waals surface area contributed by atoms with Crippen LogP contribution in [0.15, 0.2) is 53.1 Å². The smallest absolute Gasteiger partial charge is 0.169 e. The number of rotatable bonds is 3. The third kappa shape index (κ3) is 2.65. The van der Waals surface area contributed by atoms with Gasteiger partial charge in [-0.2, -0.15) is 0 Å². The highest BCUT2D eigenvalue weighted by molar-refractivity contribution is 9.10. The van der Waals surface area contributed by atoms with Crippen LogP contribution in [0.4, 0.5) is 0 Å². The molecule has 3 rings (SSSR count). The van der Waals surface area contributed by atoms with Crippen LogP contribution in [0.25, 0.3) is 10.9 Å². The van der Waals surface area contributed by atoms with Crippen LogP contribution in [0.5, 0.6) is 0 Å². The normalized spacial score (nSPS) is 10.9. The quantitative estimate of drug-likeness (QED) is 0.663. The summed E-state index contributed by atoms with van der Waals surface area (Å²) in [7, 11) is 0. The molecule has 2 aromatic carbocycles.